The molecule has 0 spiro atoms. The van der Waals surface area contributed by atoms with Crippen molar-refractivity contribution in [2.45, 2.75) is 30.2 Å². The number of carbonyl (C=O) groups is 1. The zero-order valence-electron chi connectivity index (χ0n) is 18.9. The molecule has 0 aliphatic heterocycles. The van der Waals surface area contributed by atoms with Crippen LogP contribution in [0.3, 0.4) is 0 Å². The smallest absolute Gasteiger partial charge is 0.195 e. The molecular weight excluding hydrogens is 458 g/mol. The van der Waals surface area contributed by atoms with E-state index in [0.29, 0.717) is 0 Å². The molecule has 0 aliphatic carbocycles. The molecule has 168 valence electrons. The van der Waals surface area contributed by atoms with Gasteiger partial charge in [-0.25, -0.2) is 4.68 Å². The maximum absolute atomic E-state index is 12.9. The van der Waals surface area contributed by atoms with Gasteiger partial charge in [-0.3, -0.25) is 9.78 Å². The van der Waals surface area contributed by atoms with Crippen molar-refractivity contribution < 1.29 is 4.79 Å². The Morgan fingerprint density at radius 3 is 2.65 bits per heavy atom. The molecule has 0 saturated carbocycles. The number of pyridine rings is 1. The predicted molar refractivity (Wildman–Crippen MR) is 141 cm³/mol. The van der Waals surface area contributed by atoms with E-state index in [1.54, 1.807) is 29.2 Å². The van der Waals surface area contributed by atoms with Gasteiger partial charge in [0.2, 0.25) is 0 Å². The van der Waals surface area contributed by atoms with Gasteiger partial charge in [0.15, 0.2) is 5.78 Å². The Hall–Kier alpha value is -3.48. The van der Waals surface area contributed by atoms with Crippen molar-refractivity contribution in [3.63, 3.8) is 0 Å². The van der Waals surface area contributed by atoms with E-state index in [0.717, 1.165) is 49.1 Å². The Labute approximate surface area is 207 Å². The summed E-state index contributed by atoms with van der Waals surface area (Å²) in [4.78, 5) is 20.5. The molecule has 4 nitrogen and oxygen atoms in total. The number of benzene rings is 2. The summed E-state index contributed by atoms with van der Waals surface area (Å²) in [6, 6.07) is 24.2. The minimum atomic E-state index is 0.0133. The number of nitrogens with zero attached hydrogens (tertiary/aromatic N) is 3. The van der Waals surface area contributed by atoms with Crippen LogP contribution in [0.5, 0.6) is 0 Å². The van der Waals surface area contributed by atoms with Crippen LogP contribution in [-0.2, 0) is 6.42 Å². The van der Waals surface area contributed by atoms with Crippen molar-refractivity contribution in [1.29, 1.82) is 0 Å². The number of thiophene rings is 1. The predicted octanol–water partition coefficient (Wildman–Crippen LogP) is 7.40. The van der Waals surface area contributed by atoms with Crippen LogP contribution in [0.1, 0.15) is 32.7 Å². The minimum Gasteiger partial charge on any atom is -0.288 e. The number of carbonyl (C=O) groups excluding carboxylic acids is 1. The highest BCUT2D eigenvalue weighted by molar-refractivity contribution is 7.99. The van der Waals surface area contributed by atoms with Crippen LogP contribution >= 0.6 is 23.1 Å². The molecule has 0 radical (unpaired) electrons. The lowest BCUT2D eigenvalue weighted by atomic mass is 10.2. The number of hydrogen-bond donors (Lipinski definition) is 0. The topological polar surface area (TPSA) is 47.8 Å². The van der Waals surface area contributed by atoms with Gasteiger partial charge < -0.3 is 0 Å². The van der Waals surface area contributed by atoms with E-state index in [9.17, 15) is 4.79 Å². The van der Waals surface area contributed by atoms with Crippen molar-refractivity contribution in [3.8, 4) is 5.69 Å². The summed E-state index contributed by atoms with van der Waals surface area (Å²) < 4.78 is 1.95. The van der Waals surface area contributed by atoms with Gasteiger partial charge in [0, 0.05) is 26.9 Å². The fraction of sp³-hybridized carbons (Fsp3) is 0.107. The second-order valence-electron chi connectivity index (χ2n) is 7.80. The summed E-state index contributed by atoms with van der Waals surface area (Å²) >= 11 is 3.17. The Balaban J connectivity index is 1.59. The second-order valence-corrected chi connectivity index (χ2v) is 10.0. The minimum absolute atomic E-state index is 0.0133. The zero-order chi connectivity index (χ0) is 23.5. The lowest BCUT2D eigenvalue weighted by Crippen LogP contribution is -1.98. The fourth-order valence-electron chi connectivity index (χ4n) is 3.76. The maximum atomic E-state index is 12.9. The molecular formula is C28H23N3OS2. The third-order valence-corrected chi connectivity index (χ3v) is 7.90. The first-order valence-electron chi connectivity index (χ1n) is 11.1. The summed E-state index contributed by atoms with van der Waals surface area (Å²) in [5, 5.41) is 6.88. The average Bonchev–Trinajstić information content (AvgIpc) is 3.48. The highest BCUT2D eigenvalue weighted by Gasteiger charge is 2.18. The Bertz CT molecular complexity index is 1490. The van der Waals surface area contributed by atoms with Crippen LogP contribution in [-0.4, -0.2) is 20.5 Å². The van der Waals surface area contributed by atoms with E-state index in [4.69, 9.17) is 5.10 Å². The molecule has 0 fully saturated rings. The molecule has 3 aromatic heterocycles. The third-order valence-electron chi connectivity index (χ3n) is 5.52. The number of aryl methyl sites for hydroxylation is 2. The van der Waals surface area contributed by atoms with Gasteiger partial charge in [0.1, 0.15) is 5.03 Å². The van der Waals surface area contributed by atoms with Crippen LogP contribution in [0, 0.1) is 6.92 Å². The Morgan fingerprint density at radius 2 is 1.85 bits per heavy atom. The van der Waals surface area contributed by atoms with Crippen molar-refractivity contribution in [1.82, 2.24) is 14.8 Å². The SMILES string of the molecule is CCc1ccc(C(=O)/C=C/c2c(C)nn(-c3ccccc3)c2Sc2cccc3cccnc23)s1. The summed E-state index contributed by atoms with van der Waals surface area (Å²) in [6.45, 7) is 4.08. The largest absolute Gasteiger partial charge is 0.288 e. The summed E-state index contributed by atoms with van der Waals surface area (Å²) in [7, 11) is 0. The molecule has 5 aromatic rings. The number of hydrogen-bond acceptors (Lipinski definition) is 5. The van der Waals surface area contributed by atoms with Gasteiger partial charge in [-0.15, -0.1) is 11.3 Å². The van der Waals surface area contributed by atoms with Gasteiger partial charge >= 0.3 is 0 Å². The van der Waals surface area contributed by atoms with E-state index in [2.05, 4.69) is 30.1 Å². The van der Waals surface area contributed by atoms with Crippen LogP contribution in [0.15, 0.2) is 95.0 Å². The van der Waals surface area contributed by atoms with Crippen molar-refractivity contribution in [2.75, 3.05) is 0 Å². The van der Waals surface area contributed by atoms with Gasteiger partial charge in [-0.05, 0) is 61.9 Å². The van der Waals surface area contributed by atoms with Gasteiger partial charge in [0.25, 0.3) is 0 Å². The van der Waals surface area contributed by atoms with Crippen molar-refractivity contribution in [2.24, 2.45) is 0 Å². The highest BCUT2D eigenvalue weighted by atomic mass is 32.2. The molecule has 0 amide bonds. The number of fused-ring (bicyclic) bond motifs is 1. The summed E-state index contributed by atoms with van der Waals surface area (Å²) in [6.07, 6.45) is 6.31. The van der Waals surface area contributed by atoms with Gasteiger partial charge in [0.05, 0.1) is 21.8 Å². The van der Waals surface area contributed by atoms with E-state index in [1.807, 2.05) is 78.5 Å². The second kappa shape index (κ2) is 9.79. The van der Waals surface area contributed by atoms with Gasteiger partial charge in [-0.1, -0.05) is 55.1 Å². The van der Waals surface area contributed by atoms with E-state index in [-0.39, 0.29) is 5.78 Å². The quantitative estimate of drug-likeness (QED) is 0.179. The molecule has 2 aromatic carbocycles. The molecule has 0 N–H and O–H groups in total. The van der Waals surface area contributed by atoms with E-state index in [1.165, 1.54) is 4.88 Å². The summed E-state index contributed by atoms with van der Waals surface area (Å²) in [5.74, 6) is 0.0133. The van der Waals surface area contributed by atoms with Crippen LogP contribution in [0.4, 0.5) is 0 Å². The number of para-hydroxylation sites is 2. The number of ketones is 1. The molecule has 0 unspecified atom stereocenters. The monoisotopic (exact) mass is 481 g/mol. The molecule has 0 bridgehead atoms. The van der Waals surface area contributed by atoms with Crippen LogP contribution < -0.4 is 0 Å². The zero-order valence-corrected chi connectivity index (χ0v) is 20.6. The van der Waals surface area contributed by atoms with E-state index >= 15 is 0 Å². The lowest BCUT2D eigenvalue weighted by Gasteiger charge is -2.10. The Kier molecular flexibility index (Phi) is 6.43. The molecule has 5 rings (SSSR count). The third kappa shape index (κ3) is 4.47. The number of aromatic nitrogens is 3. The summed E-state index contributed by atoms with van der Waals surface area (Å²) in [5.41, 5.74) is 3.72. The normalized spacial score (nSPS) is 11.5. The van der Waals surface area contributed by atoms with E-state index < -0.39 is 0 Å². The molecule has 3 heterocycles. The fourth-order valence-corrected chi connectivity index (χ4v) is 5.80. The van der Waals surface area contributed by atoms with Gasteiger partial charge in [-0.2, -0.15) is 5.10 Å². The van der Waals surface area contributed by atoms with Crippen LogP contribution in [0.2, 0.25) is 0 Å². The first-order valence-corrected chi connectivity index (χ1v) is 12.7. The first-order chi connectivity index (χ1) is 16.6. The molecule has 0 aliphatic rings. The average molecular weight is 482 g/mol. The first kappa shape index (κ1) is 22.3. The molecule has 6 heteroatoms. The number of allylic oxidation sites excluding steroid dienone is 1. The van der Waals surface area contributed by atoms with Crippen molar-refractivity contribution >= 4 is 45.9 Å². The maximum Gasteiger partial charge on any atom is 0.195 e. The standard InChI is InChI=1S/C28H23N3OS2/c1-3-22-14-17-25(33-22)24(32)16-15-23-19(2)30-31(21-11-5-4-6-12-21)28(23)34-26-13-7-9-20-10-8-18-29-27(20)26/h4-18H,3H2,1-2H3/b16-15+. The highest BCUT2D eigenvalue weighted by Crippen LogP contribution is 2.37. The molecule has 34 heavy (non-hydrogen) atoms. The Morgan fingerprint density at radius 1 is 1.03 bits per heavy atom. The van der Waals surface area contributed by atoms with Crippen molar-refractivity contribution in [3.05, 3.63) is 106 Å². The number of rotatable bonds is 7. The lowest BCUT2D eigenvalue weighted by molar-refractivity contribution is 0.105. The molecule has 0 atom stereocenters. The van der Waals surface area contributed by atoms with Crippen LogP contribution in [0.25, 0.3) is 22.7 Å². The molecule has 0 saturated heterocycles.